The molecule has 0 amide bonds. The summed E-state index contributed by atoms with van der Waals surface area (Å²) < 4.78 is 5.64. The maximum atomic E-state index is 5.64. The number of hydrogen-bond acceptors (Lipinski definition) is 1. The van der Waals surface area contributed by atoms with Crippen LogP contribution >= 0.6 is 0 Å². The second-order valence-corrected chi connectivity index (χ2v) is 4.19. The van der Waals surface area contributed by atoms with Gasteiger partial charge in [0, 0.05) is 0 Å². The summed E-state index contributed by atoms with van der Waals surface area (Å²) in [6, 6.07) is 6.78. The van der Waals surface area contributed by atoms with Crippen molar-refractivity contribution in [2.24, 2.45) is 0 Å². The summed E-state index contributed by atoms with van der Waals surface area (Å²) in [7, 11) is 0. The molecule has 1 nitrogen and oxygen atoms in total. The average molecular weight is 174 g/mol. The third kappa shape index (κ3) is 1.19. The Hall–Kier alpha value is -0.820. The Kier molecular flexibility index (Phi) is 1.50. The fourth-order valence-electron chi connectivity index (χ4n) is 2.34. The number of hydrogen-bond donors (Lipinski definition) is 0. The first kappa shape index (κ1) is 7.57. The van der Waals surface area contributed by atoms with Crippen molar-refractivity contribution in [2.75, 3.05) is 0 Å². The van der Waals surface area contributed by atoms with Crippen molar-refractivity contribution in [1.82, 2.24) is 0 Å². The summed E-state index contributed by atoms with van der Waals surface area (Å²) in [5.74, 6) is 0. The Morgan fingerprint density at radius 1 is 1.38 bits per heavy atom. The smallest absolute Gasteiger partial charge is 0.109 e. The summed E-state index contributed by atoms with van der Waals surface area (Å²) in [6.07, 6.45) is 4.77. The molecule has 1 saturated heterocycles. The monoisotopic (exact) mass is 174 g/mol. The Labute approximate surface area is 78.7 Å². The quantitative estimate of drug-likeness (QED) is 0.551. The lowest BCUT2D eigenvalue weighted by Crippen LogP contribution is -1.91. The van der Waals surface area contributed by atoms with E-state index in [-0.39, 0.29) is 0 Å². The van der Waals surface area contributed by atoms with Crippen LogP contribution in [0.2, 0.25) is 0 Å². The van der Waals surface area contributed by atoms with Gasteiger partial charge in [-0.25, -0.2) is 0 Å². The Morgan fingerprint density at radius 2 is 2.31 bits per heavy atom. The van der Waals surface area contributed by atoms with Crippen LogP contribution in [0.25, 0.3) is 0 Å². The topological polar surface area (TPSA) is 12.5 Å². The predicted octanol–water partition coefficient (Wildman–Crippen LogP) is 2.77. The highest BCUT2D eigenvalue weighted by atomic mass is 16.6. The Balaban J connectivity index is 2.09. The van der Waals surface area contributed by atoms with E-state index < -0.39 is 0 Å². The summed E-state index contributed by atoms with van der Waals surface area (Å²) >= 11 is 0. The van der Waals surface area contributed by atoms with Gasteiger partial charge in [0.05, 0.1) is 6.10 Å². The normalized spacial score (nSPS) is 30.2. The van der Waals surface area contributed by atoms with Crippen molar-refractivity contribution in [3.8, 4) is 0 Å². The molecule has 1 aliphatic carbocycles. The van der Waals surface area contributed by atoms with E-state index >= 15 is 0 Å². The first-order valence-electron chi connectivity index (χ1n) is 5.09. The zero-order valence-corrected chi connectivity index (χ0v) is 7.92. The standard InChI is InChI=1S/C12H14O/c1-8-5-6-9-3-2-4-11-12(13-11)10(9)7-8/h5-7,11-12H,2-4H2,1H3/t11-,12+/m0/s1. The zero-order valence-electron chi connectivity index (χ0n) is 7.92. The van der Waals surface area contributed by atoms with E-state index in [0.717, 1.165) is 0 Å². The first-order chi connectivity index (χ1) is 6.34. The van der Waals surface area contributed by atoms with Crippen molar-refractivity contribution in [1.29, 1.82) is 0 Å². The fraction of sp³-hybridized carbons (Fsp3) is 0.500. The molecule has 0 unspecified atom stereocenters. The van der Waals surface area contributed by atoms with Gasteiger partial charge in [-0.1, -0.05) is 23.8 Å². The minimum absolute atomic E-state index is 0.442. The number of aryl methyl sites for hydroxylation is 2. The van der Waals surface area contributed by atoms with Crippen LogP contribution in [0.3, 0.4) is 0 Å². The molecule has 1 aromatic rings. The van der Waals surface area contributed by atoms with Gasteiger partial charge in [0.15, 0.2) is 0 Å². The number of epoxide rings is 1. The lowest BCUT2D eigenvalue weighted by molar-refractivity contribution is 0.357. The lowest BCUT2D eigenvalue weighted by Gasteiger charge is -2.05. The number of ether oxygens (including phenoxy) is 1. The largest absolute Gasteiger partial charge is 0.364 e. The van der Waals surface area contributed by atoms with Gasteiger partial charge >= 0.3 is 0 Å². The second-order valence-electron chi connectivity index (χ2n) is 4.19. The van der Waals surface area contributed by atoms with Crippen LogP contribution in [0.1, 0.15) is 35.6 Å². The third-order valence-corrected chi connectivity index (χ3v) is 3.13. The molecule has 1 aromatic carbocycles. The SMILES string of the molecule is Cc1ccc2c(c1)[C@H]1O[C@H]1CCC2. The Morgan fingerprint density at radius 3 is 3.23 bits per heavy atom. The average Bonchev–Trinajstić information content (AvgIpc) is 2.85. The molecule has 1 fully saturated rings. The summed E-state index contributed by atoms with van der Waals surface area (Å²) in [4.78, 5) is 0. The van der Waals surface area contributed by atoms with Crippen molar-refractivity contribution in [3.05, 3.63) is 34.9 Å². The van der Waals surface area contributed by atoms with E-state index in [1.165, 1.54) is 36.0 Å². The molecule has 0 saturated carbocycles. The van der Waals surface area contributed by atoms with Crippen molar-refractivity contribution in [2.45, 2.75) is 38.4 Å². The summed E-state index contributed by atoms with van der Waals surface area (Å²) in [5.41, 5.74) is 4.33. The van der Waals surface area contributed by atoms with Gasteiger partial charge < -0.3 is 4.74 Å². The summed E-state index contributed by atoms with van der Waals surface area (Å²) in [6.45, 7) is 2.16. The number of fused-ring (bicyclic) bond motifs is 3. The minimum atomic E-state index is 0.442. The van der Waals surface area contributed by atoms with Gasteiger partial charge in [-0.3, -0.25) is 0 Å². The summed E-state index contributed by atoms with van der Waals surface area (Å²) in [5, 5.41) is 0. The van der Waals surface area contributed by atoms with Gasteiger partial charge in [-0.15, -0.1) is 0 Å². The third-order valence-electron chi connectivity index (χ3n) is 3.13. The zero-order chi connectivity index (χ0) is 8.84. The molecule has 2 aliphatic rings. The number of rotatable bonds is 0. The number of benzene rings is 1. The molecule has 13 heavy (non-hydrogen) atoms. The molecule has 68 valence electrons. The highest BCUT2D eigenvalue weighted by Crippen LogP contribution is 2.45. The lowest BCUT2D eigenvalue weighted by atomic mass is 10.0. The molecule has 0 N–H and O–H groups in total. The van der Waals surface area contributed by atoms with Crippen molar-refractivity contribution < 1.29 is 4.74 Å². The van der Waals surface area contributed by atoms with E-state index in [2.05, 4.69) is 25.1 Å². The maximum Gasteiger partial charge on any atom is 0.109 e. The van der Waals surface area contributed by atoms with Crippen LogP contribution in [0, 0.1) is 6.92 Å². The Bertz CT molecular complexity index is 343. The molecular weight excluding hydrogens is 160 g/mol. The van der Waals surface area contributed by atoms with E-state index in [1.54, 1.807) is 0 Å². The molecular formula is C12H14O. The molecule has 0 aromatic heterocycles. The van der Waals surface area contributed by atoms with E-state index in [9.17, 15) is 0 Å². The molecule has 0 spiro atoms. The molecule has 0 radical (unpaired) electrons. The molecule has 1 aliphatic heterocycles. The first-order valence-corrected chi connectivity index (χ1v) is 5.09. The van der Waals surface area contributed by atoms with Crippen LogP contribution in [0.4, 0.5) is 0 Å². The van der Waals surface area contributed by atoms with Crippen LogP contribution in [0.15, 0.2) is 18.2 Å². The molecule has 3 rings (SSSR count). The highest BCUT2D eigenvalue weighted by Gasteiger charge is 2.42. The van der Waals surface area contributed by atoms with Gasteiger partial charge in [0.1, 0.15) is 6.10 Å². The second kappa shape index (κ2) is 2.58. The molecule has 1 heterocycles. The van der Waals surface area contributed by atoms with Crippen LogP contribution in [0.5, 0.6) is 0 Å². The van der Waals surface area contributed by atoms with Crippen LogP contribution in [-0.4, -0.2) is 6.10 Å². The minimum Gasteiger partial charge on any atom is -0.364 e. The van der Waals surface area contributed by atoms with Crippen LogP contribution < -0.4 is 0 Å². The van der Waals surface area contributed by atoms with Gasteiger partial charge in [0.2, 0.25) is 0 Å². The van der Waals surface area contributed by atoms with E-state index in [1.807, 2.05) is 0 Å². The van der Waals surface area contributed by atoms with Gasteiger partial charge in [-0.05, 0) is 37.3 Å². The maximum absolute atomic E-state index is 5.64. The van der Waals surface area contributed by atoms with E-state index in [0.29, 0.717) is 12.2 Å². The van der Waals surface area contributed by atoms with Crippen molar-refractivity contribution in [3.63, 3.8) is 0 Å². The molecule has 0 bridgehead atoms. The predicted molar refractivity (Wildman–Crippen MR) is 51.7 cm³/mol. The molecule has 2 atom stereocenters. The highest BCUT2D eigenvalue weighted by molar-refractivity contribution is 5.37. The van der Waals surface area contributed by atoms with E-state index in [4.69, 9.17) is 4.74 Å². The van der Waals surface area contributed by atoms with Crippen LogP contribution in [-0.2, 0) is 11.2 Å². The van der Waals surface area contributed by atoms with Crippen molar-refractivity contribution >= 4 is 0 Å². The van der Waals surface area contributed by atoms with Gasteiger partial charge in [0.25, 0.3) is 0 Å². The fourth-order valence-corrected chi connectivity index (χ4v) is 2.34. The van der Waals surface area contributed by atoms with Gasteiger partial charge in [-0.2, -0.15) is 0 Å². The molecule has 1 heteroatoms.